The Labute approximate surface area is 125 Å². The zero-order chi connectivity index (χ0) is 14.5. The molecule has 2 unspecified atom stereocenters. The summed E-state index contributed by atoms with van der Waals surface area (Å²) in [6.07, 6.45) is 0.995. The average Bonchev–Trinajstić information content (AvgIpc) is 2.28. The Balaban J connectivity index is 2.63. The third-order valence-electron chi connectivity index (χ3n) is 3.05. The first-order valence-electron chi connectivity index (χ1n) is 6.70. The highest BCUT2D eigenvalue weighted by Gasteiger charge is 2.22. The van der Waals surface area contributed by atoms with Gasteiger partial charge < -0.3 is 15.3 Å². The number of aliphatic hydroxyl groups is 1. The first-order valence-corrected chi connectivity index (χ1v) is 7.49. The molecule has 3 nitrogen and oxygen atoms in total. The normalized spacial score (nSPS) is 16.4. The van der Waals surface area contributed by atoms with Crippen LogP contribution >= 0.6 is 15.9 Å². The molecular formula is C15H25BrN2O. The van der Waals surface area contributed by atoms with Crippen LogP contribution in [-0.4, -0.2) is 42.8 Å². The molecule has 0 aliphatic rings. The molecule has 0 heterocycles. The molecule has 1 rings (SSSR count). The van der Waals surface area contributed by atoms with E-state index < -0.39 is 5.60 Å². The Kier molecular flexibility index (Phi) is 6.47. The Morgan fingerprint density at radius 3 is 2.63 bits per heavy atom. The fraction of sp³-hybridized carbons (Fsp3) is 0.600. The van der Waals surface area contributed by atoms with Gasteiger partial charge in [0.25, 0.3) is 0 Å². The van der Waals surface area contributed by atoms with E-state index in [4.69, 9.17) is 0 Å². The van der Waals surface area contributed by atoms with E-state index in [0.29, 0.717) is 13.1 Å². The molecule has 19 heavy (non-hydrogen) atoms. The van der Waals surface area contributed by atoms with Gasteiger partial charge in [0.2, 0.25) is 0 Å². The van der Waals surface area contributed by atoms with Crippen LogP contribution in [0.3, 0.4) is 0 Å². The number of nitrogens with zero attached hydrogens (tertiary/aromatic N) is 1. The summed E-state index contributed by atoms with van der Waals surface area (Å²) < 4.78 is 1.09. The maximum atomic E-state index is 10.3. The summed E-state index contributed by atoms with van der Waals surface area (Å²) in [4.78, 5) is 2.00. The smallest absolute Gasteiger partial charge is 0.0869 e. The van der Waals surface area contributed by atoms with Gasteiger partial charge in [-0.2, -0.15) is 0 Å². The maximum absolute atomic E-state index is 10.3. The third-order valence-corrected chi connectivity index (χ3v) is 3.54. The summed E-state index contributed by atoms with van der Waals surface area (Å²) in [7, 11) is 3.94. The highest BCUT2D eigenvalue weighted by atomic mass is 79.9. The fourth-order valence-corrected chi connectivity index (χ4v) is 2.72. The highest BCUT2D eigenvalue weighted by Crippen LogP contribution is 2.21. The molecule has 0 fully saturated rings. The largest absolute Gasteiger partial charge is 0.388 e. The summed E-state index contributed by atoms with van der Waals surface area (Å²) in [5.41, 5.74) is 0.528. The van der Waals surface area contributed by atoms with Gasteiger partial charge in [-0.25, -0.2) is 0 Å². The first kappa shape index (κ1) is 16.6. The zero-order valence-electron chi connectivity index (χ0n) is 12.3. The lowest BCUT2D eigenvalue weighted by Gasteiger charge is -2.29. The number of nitrogens with one attached hydrogen (secondary N) is 1. The summed E-state index contributed by atoms with van der Waals surface area (Å²) >= 11 is 3.50. The van der Waals surface area contributed by atoms with Crippen LogP contribution in [0, 0.1) is 0 Å². The van der Waals surface area contributed by atoms with E-state index in [-0.39, 0.29) is 6.04 Å². The van der Waals surface area contributed by atoms with Crippen LogP contribution in [0.4, 0.5) is 0 Å². The molecule has 1 aromatic carbocycles. The number of rotatable bonds is 7. The van der Waals surface area contributed by atoms with E-state index in [2.05, 4.69) is 40.3 Å². The Morgan fingerprint density at radius 1 is 1.42 bits per heavy atom. The Hall–Kier alpha value is -0.420. The minimum atomic E-state index is -0.719. The Bertz CT molecular complexity index is 393. The number of halogens is 1. The molecule has 0 spiro atoms. The molecule has 4 heteroatoms. The predicted molar refractivity (Wildman–Crippen MR) is 84.4 cm³/mol. The van der Waals surface area contributed by atoms with Crippen molar-refractivity contribution < 1.29 is 5.11 Å². The quantitative estimate of drug-likeness (QED) is 0.807. The topological polar surface area (TPSA) is 35.5 Å². The van der Waals surface area contributed by atoms with Gasteiger partial charge in [-0.15, -0.1) is 0 Å². The van der Waals surface area contributed by atoms with Crippen LogP contribution in [0.15, 0.2) is 28.7 Å². The minimum absolute atomic E-state index is 0.270. The Morgan fingerprint density at radius 2 is 2.11 bits per heavy atom. The summed E-state index contributed by atoms with van der Waals surface area (Å²) in [5.74, 6) is 0. The molecule has 2 atom stereocenters. The van der Waals surface area contributed by atoms with Crippen molar-refractivity contribution in [1.29, 1.82) is 0 Å². The van der Waals surface area contributed by atoms with Crippen molar-refractivity contribution in [1.82, 2.24) is 10.2 Å². The van der Waals surface area contributed by atoms with E-state index >= 15 is 0 Å². The molecular weight excluding hydrogens is 304 g/mol. The van der Waals surface area contributed by atoms with Gasteiger partial charge in [0, 0.05) is 23.6 Å². The summed E-state index contributed by atoms with van der Waals surface area (Å²) in [6.45, 7) is 5.25. The average molecular weight is 329 g/mol. The van der Waals surface area contributed by atoms with Gasteiger partial charge >= 0.3 is 0 Å². The van der Waals surface area contributed by atoms with Crippen molar-refractivity contribution in [3.8, 4) is 0 Å². The highest BCUT2D eigenvalue weighted by molar-refractivity contribution is 9.10. The molecule has 0 aliphatic heterocycles. The van der Waals surface area contributed by atoms with Crippen LogP contribution < -0.4 is 5.32 Å². The van der Waals surface area contributed by atoms with Crippen molar-refractivity contribution in [3.05, 3.63) is 34.3 Å². The van der Waals surface area contributed by atoms with E-state index in [1.807, 2.05) is 38.1 Å². The van der Waals surface area contributed by atoms with Crippen molar-refractivity contribution in [2.75, 3.05) is 27.2 Å². The van der Waals surface area contributed by atoms with Gasteiger partial charge in [-0.1, -0.05) is 35.0 Å². The molecule has 108 valence electrons. The van der Waals surface area contributed by atoms with Crippen molar-refractivity contribution in [2.45, 2.75) is 31.9 Å². The van der Waals surface area contributed by atoms with Crippen LogP contribution in [0.1, 0.15) is 31.9 Å². The van der Waals surface area contributed by atoms with E-state index in [9.17, 15) is 5.11 Å². The number of benzene rings is 1. The summed E-state index contributed by atoms with van der Waals surface area (Å²) in [6, 6.07) is 8.58. The van der Waals surface area contributed by atoms with E-state index in [0.717, 1.165) is 10.9 Å². The van der Waals surface area contributed by atoms with Crippen LogP contribution in [-0.2, 0) is 0 Å². The number of hydrogen-bond acceptors (Lipinski definition) is 3. The molecule has 0 aromatic heterocycles. The van der Waals surface area contributed by atoms with Crippen molar-refractivity contribution >= 4 is 15.9 Å². The standard InChI is InChI=1S/C15H25BrN2O/c1-5-14(12-7-6-8-13(16)9-12)17-10-15(2,19)11-18(3)4/h6-9,14,17,19H,5,10-11H2,1-4H3. The SMILES string of the molecule is CCC(NCC(C)(O)CN(C)C)c1cccc(Br)c1. The number of likely N-dealkylation sites (N-methyl/N-ethyl adjacent to an activating group) is 1. The van der Waals surface area contributed by atoms with Crippen molar-refractivity contribution in [3.63, 3.8) is 0 Å². The maximum Gasteiger partial charge on any atom is 0.0869 e. The lowest BCUT2D eigenvalue weighted by molar-refractivity contribution is 0.0311. The third kappa shape index (κ3) is 6.04. The van der Waals surface area contributed by atoms with E-state index in [1.165, 1.54) is 5.56 Å². The molecule has 0 saturated heterocycles. The molecule has 0 aliphatic carbocycles. The fourth-order valence-electron chi connectivity index (χ4n) is 2.30. The van der Waals surface area contributed by atoms with Crippen LogP contribution in [0.5, 0.6) is 0 Å². The van der Waals surface area contributed by atoms with Gasteiger partial charge in [0.1, 0.15) is 0 Å². The van der Waals surface area contributed by atoms with Gasteiger partial charge in [-0.05, 0) is 45.1 Å². The molecule has 2 N–H and O–H groups in total. The molecule has 0 amide bonds. The molecule has 0 saturated carbocycles. The molecule has 0 bridgehead atoms. The van der Waals surface area contributed by atoms with E-state index in [1.54, 1.807) is 0 Å². The molecule has 1 aromatic rings. The van der Waals surface area contributed by atoms with Crippen LogP contribution in [0.2, 0.25) is 0 Å². The lowest BCUT2D eigenvalue weighted by atomic mass is 10.0. The summed E-state index contributed by atoms with van der Waals surface area (Å²) in [5, 5.41) is 13.8. The van der Waals surface area contributed by atoms with Gasteiger partial charge in [0.15, 0.2) is 0 Å². The monoisotopic (exact) mass is 328 g/mol. The van der Waals surface area contributed by atoms with Crippen molar-refractivity contribution in [2.24, 2.45) is 0 Å². The predicted octanol–water partition coefficient (Wildman–Crippen LogP) is 2.80. The molecule has 0 radical (unpaired) electrons. The minimum Gasteiger partial charge on any atom is -0.388 e. The number of hydrogen-bond donors (Lipinski definition) is 2. The lowest BCUT2D eigenvalue weighted by Crippen LogP contribution is -2.46. The van der Waals surface area contributed by atoms with Gasteiger partial charge in [-0.3, -0.25) is 0 Å². The zero-order valence-corrected chi connectivity index (χ0v) is 13.9. The van der Waals surface area contributed by atoms with Gasteiger partial charge in [0.05, 0.1) is 5.60 Å². The second-order valence-electron chi connectivity index (χ2n) is 5.63. The van der Waals surface area contributed by atoms with Crippen LogP contribution in [0.25, 0.3) is 0 Å². The first-order chi connectivity index (χ1) is 8.84. The second kappa shape index (κ2) is 7.39. The second-order valence-corrected chi connectivity index (χ2v) is 6.55.